The van der Waals surface area contributed by atoms with E-state index in [1.54, 1.807) is 6.26 Å². The van der Waals surface area contributed by atoms with Crippen molar-refractivity contribution < 1.29 is 9.21 Å². The summed E-state index contributed by atoms with van der Waals surface area (Å²) in [6.45, 7) is 0. The van der Waals surface area contributed by atoms with Gasteiger partial charge in [0.05, 0.1) is 6.26 Å². The number of hydrogen-bond acceptors (Lipinski definition) is 2. The van der Waals surface area contributed by atoms with E-state index in [1.807, 2.05) is 12.1 Å². The van der Waals surface area contributed by atoms with E-state index in [0.29, 0.717) is 0 Å². The van der Waals surface area contributed by atoms with Crippen molar-refractivity contribution >= 4 is 6.29 Å². The van der Waals surface area contributed by atoms with Crippen LogP contribution in [0.15, 0.2) is 22.8 Å². The third-order valence-corrected chi connectivity index (χ3v) is 2.96. The normalized spacial score (nSPS) is 20.3. The average Bonchev–Trinajstić information content (AvgIpc) is 2.77. The van der Waals surface area contributed by atoms with Gasteiger partial charge in [-0.1, -0.05) is 12.8 Å². The lowest BCUT2D eigenvalue weighted by Gasteiger charge is -2.19. The maximum Gasteiger partial charge on any atom is 0.126 e. The highest BCUT2D eigenvalue weighted by Gasteiger charge is 2.34. The third kappa shape index (κ3) is 1.67. The summed E-state index contributed by atoms with van der Waals surface area (Å²) >= 11 is 0. The molecule has 13 heavy (non-hydrogen) atoms. The Hall–Kier alpha value is -1.05. The van der Waals surface area contributed by atoms with Crippen molar-refractivity contribution in [1.82, 2.24) is 0 Å². The molecule has 0 radical (unpaired) electrons. The highest BCUT2D eigenvalue weighted by molar-refractivity contribution is 5.60. The van der Waals surface area contributed by atoms with E-state index in [4.69, 9.17) is 4.42 Å². The summed E-state index contributed by atoms with van der Waals surface area (Å²) in [4.78, 5) is 11.0. The standard InChI is InChI=1S/C11H14O2/c12-9-11(5-1-2-6-11)8-10-4-3-7-13-10/h3-4,7,9H,1-2,5-6,8H2. The molecule has 0 aromatic carbocycles. The van der Waals surface area contributed by atoms with Crippen LogP contribution in [-0.2, 0) is 11.2 Å². The van der Waals surface area contributed by atoms with Crippen molar-refractivity contribution in [3.8, 4) is 0 Å². The number of carbonyl (C=O) groups excluding carboxylic acids is 1. The number of hydrogen-bond donors (Lipinski definition) is 0. The monoisotopic (exact) mass is 178 g/mol. The first-order chi connectivity index (χ1) is 6.35. The number of rotatable bonds is 3. The molecule has 1 aliphatic carbocycles. The lowest BCUT2D eigenvalue weighted by atomic mass is 9.83. The van der Waals surface area contributed by atoms with Gasteiger partial charge in [0.1, 0.15) is 12.0 Å². The van der Waals surface area contributed by atoms with E-state index >= 15 is 0 Å². The quantitative estimate of drug-likeness (QED) is 0.666. The molecular formula is C11H14O2. The first kappa shape index (κ1) is 8.54. The SMILES string of the molecule is O=CC1(Cc2ccco2)CCCC1. The molecule has 1 saturated carbocycles. The molecule has 0 aliphatic heterocycles. The maximum absolute atomic E-state index is 11.0. The van der Waals surface area contributed by atoms with Gasteiger partial charge in [0, 0.05) is 11.8 Å². The first-order valence-electron chi connectivity index (χ1n) is 4.83. The van der Waals surface area contributed by atoms with Gasteiger partial charge in [0.15, 0.2) is 0 Å². The zero-order valence-corrected chi connectivity index (χ0v) is 7.66. The lowest BCUT2D eigenvalue weighted by molar-refractivity contribution is -0.116. The second-order valence-electron chi connectivity index (χ2n) is 3.94. The Balaban J connectivity index is 2.10. The van der Waals surface area contributed by atoms with Crippen molar-refractivity contribution in [3.63, 3.8) is 0 Å². The van der Waals surface area contributed by atoms with E-state index in [2.05, 4.69) is 0 Å². The smallest absolute Gasteiger partial charge is 0.126 e. The number of aldehydes is 1. The molecule has 0 saturated heterocycles. The second-order valence-corrected chi connectivity index (χ2v) is 3.94. The molecule has 1 aromatic heterocycles. The Bertz CT molecular complexity index is 268. The molecule has 70 valence electrons. The minimum atomic E-state index is -0.113. The highest BCUT2D eigenvalue weighted by Crippen LogP contribution is 2.39. The van der Waals surface area contributed by atoms with E-state index < -0.39 is 0 Å². The molecule has 1 heterocycles. The largest absolute Gasteiger partial charge is 0.469 e. The summed E-state index contributed by atoms with van der Waals surface area (Å²) in [7, 11) is 0. The van der Waals surface area contributed by atoms with Gasteiger partial charge in [-0.05, 0) is 25.0 Å². The minimum Gasteiger partial charge on any atom is -0.469 e. The van der Waals surface area contributed by atoms with Crippen LogP contribution in [0.25, 0.3) is 0 Å². The summed E-state index contributed by atoms with van der Waals surface area (Å²) in [5.74, 6) is 0.939. The van der Waals surface area contributed by atoms with E-state index in [1.165, 1.54) is 12.8 Å². The minimum absolute atomic E-state index is 0.113. The van der Waals surface area contributed by atoms with Crippen LogP contribution in [0, 0.1) is 5.41 Å². The second kappa shape index (κ2) is 3.36. The van der Waals surface area contributed by atoms with E-state index in [9.17, 15) is 4.79 Å². The summed E-state index contributed by atoms with van der Waals surface area (Å²) in [5.41, 5.74) is -0.113. The summed E-state index contributed by atoms with van der Waals surface area (Å²) in [5, 5.41) is 0. The molecule has 0 atom stereocenters. The fraction of sp³-hybridized carbons (Fsp3) is 0.545. The van der Waals surface area contributed by atoms with Crippen LogP contribution in [0.3, 0.4) is 0 Å². The van der Waals surface area contributed by atoms with Crippen molar-refractivity contribution in [2.24, 2.45) is 5.41 Å². The van der Waals surface area contributed by atoms with E-state index in [0.717, 1.165) is 31.3 Å². The average molecular weight is 178 g/mol. The third-order valence-electron chi connectivity index (χ3n) is 2.96. The Morgan fingerprint density at radius 1 is 1.46 bits per heavy atom. The molecule has 0 unspecified atom stereocenters. The van der Waals surface area contributed by atoms with Crippen molar-refractivity contribution in [2.45, 2.75) is 32.1 Å². The summed E-state index contributed by atoms with van der Waals surface area (Å²) in [6.07, 6.45) is 7.99. The predicted molar refractivity (Wildman–Crippen MR) is 49.4 cm³/mol. The fourth-order valence-electron chi connectivity index (χ4n) is 2.18. The Morgan fingerprint density at radius 3 is 2.77 bits per heavy atom. The van der Waals surface area contributed by atoms with Crippen LogP contribution in [0.2, 0.25) is 0 Å². The van der Waals surface area contributed by atoms with Gasteiger partial charge in [-0.2, -0.15) is 0 Å². The van der Waals surface area contributed by atoms with Crippen LogP contribution in [0.4, 0.5) is 0 Å². The molecule has 0 spiro atoms. The zero-order valence-electron chi connectivity index (χ0n) is 7.66. The Labute approximate surface area is 77.9 Å². The van der Waals surface area contributed by atoms with E-state index in [-0.39, 0.29) is 5.41 Å². The highest BCUT2D eigenvalue weighted by atomic mass is 16.3. The molecule has 0 N–H and O–H groups in total. The maximum atomic E-state index is 11.0. The summed E-state index contributed by atoms with van der Waals surface area (Å²) < 4.78 is 5.26. The summed E-state index contributed by atoms with van der Waals surface area (Å²) in [6, 6.07) is 3.83. The molecule has 2 rings (SSSR count). The topological polar surface area (TPSA) is 30.2 Å². The molecule has 0 bridgehead atoms. The van der Waals surface area contributed by atoms with Gasteiger partial charge in [-0.25, -0.2) is 0 Å². The van der Waals surface area contributed by atoms with Crippen LogP contribution in [0.5, 0.6) is 0 Å². The Morgan fingerprint density at radius 2 is 2.23 bits per heavy atom. The number of furan rings is 1. The van der Waals surface area contributed by atoms with Gasteiger partial charge < -0.3 is 9.21 Å². The molecule has 2 nitrogen and oxygen atoms in total. The van der Waals surface area contributed by atoms with Crippen LogP contribution in [-0.4, -0.2) is 6.29 Å². The molecular weight excluding hydrogens is 164 g/mol. The van der Waals surface area contributed by atoms with Gasteiger partial charge in [0.2, 0.25) is 0 Å². The lowest BCUT2D eigenvalue weighted by Crippen LogP contribution is -2.20. The van der Waals surface area contributed by atoms with Crippen molar-refractivity contribution in [1.29, 1.82) is 0 Å². The number of carbonyl (C=O) groups is 1. The van der Waals surface area contributed by atoms with Gasteiger partial charge in [-0.15, -0.1) is 0 Å². The zero-order chi connectivity index (χ0) is 9.15. The molecule has 1 aromatic rings. The molecule has 0 amide bonds. The van der Waals surface area contributed by atoms with Crippen molar-refractivity contribution in [2.75, 3.05) is 0 Å². The predicted octanol–water partition coefficient (Wildman–Crippen LogP) is 2.58. The Kier molecular flexibility index (Phi) is 2.21. The van der Waals surface area contributed by atoms with Gasteiger partial charge >= 0.3 is 0 Å². The van der Waals surface area contributed by atoms with Gasteiger partial charge in [-0.3, -0.25) is 0 Å². The molecule has 1 aliphatic rings. The van der Waals surface area contributed by atoms with Crippen molar-refractivity contribution in [3.05, 3.63) is 24.2 Å². The van der Waals surface area contributed by atoms with Crippen LogP contribution < -0.4 is 0 Å². The van der Waals surface area contributed by atoms with Crippen LogP contribution in [0.1, 0.15) is 31.4 Å². The first-order valence-corrected chi connectivity index (χ1v) is 4.83. The fourth-order valence-corrected chi connectivity index (χ4v) is 2.18. The molecule has 1 fully saturated rings. The van der Waals surface area contributed by atoms with Gasteiger partial charge in [0.25, 0.3) is 0 Å². The van der Waals surface area contributed by atoms with Crippen LogP contribution >= 0.6 is 0 Å². The molecule has 2 heteroatoms.